The third-order valence-electron chi connectivity index (χ3n) is 4.99. The first kappa shape index (κ1) is 18.8. The van der Waals surface area contributed by atoms with Gasteiger partial charge in [-0.05, 0) is 12.8 Å². The summed E-state index contributed by atoms with van der Waals surface area (Å²) < 4.78 is 15.4. The van der Waals surface area contributed by atoms with Crippen LogP contribution in [0.25, 0.3) is 17.7 Å². The monoisotopic (exact) mass is 405 g/mol. The quantitative estimate of drug-likeness (QED) is 0.807. The van der Waals surface area contributed by atoms with Crippen molar-refractivity contribution in [1.82, 2.24) is 24.4 Å². The smallest absolute Gasteiger partial charge is 0.236 e. The number of amides is 1. The Bertz CT molecular complexity index is 929. The zero-order valence-corrected chi connectivity index (χ0v) is 16.0. The SMILES string of the molecule is NCC(=O)N1CCCC(Nc2nc(-c3cnc4n3C=C(F)CC4)ncc2Cl)C1. The molecule has 2 aromatic heterocycles. The van der Waals surface area contributed by atoms with E-state index in [2.05, 4.69) is 20.3 Å². The summed E-state index contributed by atoms with van der Waals surface area (Å²) in [4.78, 5) is 26.8. The zero-order valence-electron chi connectivity index (χ0n) is 15.2. The number of aromatic nitrogens is 4. The van der Waals surface area contributed by atoms with Gasteiger partial charge in [0.2, 0.25) is 5.91 Å². The Hall–Kier alpha value is -2.52. The van der Waals surface area contributed by atoms with Crippen LogP contribution in [0.3, 0.4) is 0 Å². The topological polar surface area (TPSA) is 102 Å². The van der Waals surface area contributed by atoms with Crippen molar-refractivity contribution in [2.75, 3.05) is 25.0 Å². The number of halogens is 2. The van der Waals surface area contributed by atoms with Crippen molar-refractivity contribution in [3.05, 3.63) is 29.1 Å². The Morgan fingerprint density at radius 1 is 1.36 bits per heavy atom. The molecule has 1 saturated heterocycles. The molecule has 0 bridgehead atoms. The Morgan fingerprint density at radius 2 is 2.21 bits per heavy atom. The van der Waals surface area contributed by atoms with Gasteiger partial charge < -0.3 is 16.0 Å². The molecule has 1 amide bonds. The van der Waals surface area contributed by atoms with Gasteiger partial charge in [-0.2, -0.15) is 0 Å². The summed E-state index contributed by atoms with van der Waals surface area (Å²) in [6.45, 7) is 1.25. The molecule has 148 valence electrons. The molecule has 10 heteroatoms. The first-order chi connectivity index (χ1) is 13.5. The lowest BCUT2D eigenvalue weighted by Gasteiger charge is -2.33. The summed E-state index contributed by atoms with van der Waals surface area (Å²) in [7, 11) is 0. The van der Waals surface area contributed by atoms with E-state index in [0.29, 0.717) is 48.3 Å². The summed E-state index contributed by atoms with van der Waals surface area (Å²) in [5.41, 5.74) is 6.08. The summed E-state index contributed by atoms with van der Waals surface area (Å²) in [5, 5.41) is 3.69. The van der Waals surface area contributed by atoms with Gasteiger partial charge in [-0.15, -0.1) is 0 Å². The standard InChI is InChI=1S/C18H21ClFN7O/c19-13-7-23-18(14-8-22-15-4-3-11(20)9-27(14)15)25-17(13)24-12-2-1-5-26(10-12)16(28)6-21/h7-9,12H,1-6,10,21H2,(H,23,24,25). The number of carbonyl (C=O) groups is 1. The van der Waals surface area contributed by atoms with E-state index in [0.717, 1.165) is 18.7 Å². The molecule has 2 aliphatic rings. The molecule has 0 aliphatic carbocycles. The van der Waals surface area contributed by atoms with Crippen LogP contribution in [0.1, 0.15) is 25.1 Å². The van der Waals surface area contributed by atoms with Gasteiger partial charge in [-0.3, -0.25) is 9.36 Å². The highest BCUT2D eigenvalue weighted by Gasteiger charge is 2.24. The second kappa shape index (κ2) is 7.84. The molecule has 3 N–H and O–H groups in total. The number of fused-ring (bicyclic) bond motifs is 1. The highest BCUT2D eigenvalue weighted by atomic mass is 35.5. The van der Waals surface area contributed by atoms with Gasteiger partial charge in [0, 0.05) is 38.2 Å². The normalized spacial score (nSPS) is 19.2. The minimum atomic E-state index is -0.203. The van der Waals surface area contributed by atoms with Crippen molar-refractivity contribution in [3.8, 4) is 11.5 Å². The van der Waals surface area contributed by atoms with Gasteiger partial charge in [0.15, 0.2) is 5.82 Å². The van der Waals surface area contributed by atoms with Crippen molar-refractivity contribution in [1.29, 1.82) is 0 Å². The molecule has 0 saturated carbocycles. The maximum absolute atomic E-state index is 13.7. The Kier molecular flexibility index (Phi) is 5.27. The first-order valence-corrected chi connectivity index (χ1v) is 9.62. The number of aryl methyl sites for hydroxylation is 1. The number of carbonyl (C=O) groups excluding carboxylic acids is 1. The lowest BCUT2D eigenvalue weighted by atomic mass is 10.1. The zero-order chi connectivity index (χ0) is 19.7. The van der Waals surface area contributed by atoms with Gasteiger partial charge in [0.05, 0.1) is 18.9 Å². The molecule has 1 unspecified atom stereocenters. The number of anilines is 1. The average molecular weight is 406 g/mol. The number of hydrogen-bond donors (Lipinski definition) is 2. The van der Waals surface area contributed by atoms with E-state index in [1.165, 1.54) is 12.4 Å². The van der Waals surface area contributed by atoms with Crippen LogP contribution in [-0.2, 0) is 11.2 Å². The molecule has 28 heavy (non-hydrogen) atoms. The molecular formula is C18H21ClFN7O. The van der Waals surface area contributed by atoms with Crippen LogP contribution >= 0.6 is 11.6 Å². The van der Waals surface area contributed by atoms with Crippen LogP contribution in [0, 0.1) is 0 Å². The number of rotatable bonds is 4. The fourth-order valence-electron chi connectivity index (χ4n) is 3.57. The van der Waals surface area contributed by atoms with E-state index >= 15 is 0 Å². The van der Waals surface area contributed by atoms with Crippen LogP contribution in [0.5, 0.6) is 0 Å². The van der Waals surface area contributed by atoms with E-state index in [1.807, 2.05) is 0 Å². The Morgan fingerprint density at radius 3 is 3.04 bits per heavy atom. The molecule has 0 aromatic carbocycles. The van der Waals surface area contributed by atoms with E-state index in [1.54, 1.807) is 15.7 Å². The molecular weight excluding hydrogens is 385 g/mol. The number of imidazole rings is 1. The largest absolute Gasteiger partial charge is 0.364 e. The fourth-order valence-corrected chi connectivity index (χ4v) is 3.71. The van der Waals surface area contributed by atoms with Crippen LogP contribution in [0.2, 0.25) is 5.02 Å². The van der Waals surface area contributed by atoms with E-state index in [-0.39, 0.29) is 24.3 Å². The van der Waals surface area contributed by atoms with Gasteiger partial charge in [0.1, 0.15) is 28.2 Å². The summed E-state index contributed by atoms with van der Waals surface area (Å²) in [6.07, 6.45) is 7.22. The van der Waals surface area contributed by atoms with E-state index in [4.69, 9.17) is 17.3 Å². The molecule has 1 fully saturated rings. The molecule has 2 aliphatic heterocycles. The van der Waals surface area contributed by atoms with Crippen molar-refractivity contribution in [2.45, 2.75) is 31.7 Å². The molecule has 4 rings (SSSR count). The van der Waals surface area contributed by atoms with Crippen molar-refractivity contribution in [2.24, 2.45) is 5.73 Å². The lowest BCUT2D eigenvalue weighted by Crippen LogP contribution is -2.47. The third-order valence-corrected chi connectivity index (χ3v) is 5.27. The predicted molar refractivity (Wildman–Crippen MR) is 104 cm³/mol. The van der Waals surface area contributed by atoms with Crippen molar-refractivity contribution in [3.63, 3.8) is 0 Å². The van der Waals surface area contributed by atoms with Gasteiger partial charge in [-0.1, -0.05) is 11.6 Å². The number of nitrogens with two attached hydrogens (primary N) is 1. The summed E-state index contributed by atoms with van der Waals surface area (Å²) >= 11 is 6.29. The number of nitrogens with one attached hydrogen (secondary N) is 1. The third kappa shape index (κ3) is 3.72. The van der Waals surface area contributed by atoms with Crippen molar-refractivity contribution < 1.29 is 9.18 Å². The molecule has 0 spiro atoms. The van der Waals surface area contributed by atoms with Crippen LogP contribution in [-0.4, -0.2) is 56.0 Å². The lowest BCUT2D eigenvalue weighted by molar-refractivity contribution is -0.130. The minimum Gasteiger partial charge on any atom is -0.364 e. The summed E-state index contributed by atoms with van der Waals surface area (Å²) in [5.74, 6) is 1.39. The van der Waals surface area contributed by atoms with Crippen LogP contribution in [0.4, 0.5) is 10.2 Å². The Balaban J connectivity index is 1.57. The molecule has 2 aromatic rings. The maximum atomic E-state index is 13.7. The van der Waals surface area contributed by atoms with Gasteiger partial charge >= 0.3 is 0 Å². The predicted octanol–water partition coefficient (Wildman–Crippen LogP) is 2.07. The number of likely N-dealkylation sites (tertiary alicyclic amines) is 1. The highest BCUT2D eigenvalue weighted by molar-refractivity contribution is 6.32. The van der Waals surface area contributed by atoms with Crippen molar-refractivity contribution >= 4 is 29.5 Å². The number of nitrogens with zero attached hydrogens (tertiary/aromatic N) is 5. The summed E-state index contributed by atoms with van der Waals surface area (Å²) in [6, 6.07) is 0.0150. The molecule has 1 atom stereocenters. The fraction of sp³-hybridized carbons (Fsp3) is 0.444. The van der Waals surface area contributed by atoms with Gasteiger partial charge in [-0.25, -0.2) is 19.3 Å². The van der Waals surface area contributed by atoms with E-state index < -0.39 is 0 Å². The number of hydrogen-bond acceptors (Lipinski definition) is 6. The second-order valence-electron chi connectivity index (χ2n) is 6.92. The van der Waals surface area contributed by atoms with Gasteiger partial charge in [0.25, 0.3) is 0 Å². The molecule has 4 heterocycles. The maximum Gasteiger partial charge on any atom is 0.236 e. The number of piperidine rings is 1. The Labute approximate surface area is 166 Å². The number of allylic oxidation sites excluding steroid dienone is 1. The average Bonchev–Trinajstić information content (AvgIpc) is 3.12. The minimum absolute atomic E-state index is 0.00152. The van der Waals surface area contributed by atoms with Crippen LogP contribution in [0.15, 0.2) is 18.2 Å². The van der Waals surface area contributed by atoms with E-state index in [9.17, 15) is 9.18 Å². The second-order valence-corrected chi connectivity index (χ2v) is 7.33. The molecule has 0 radical (unpaired) electrons. The van der Waals surface area contributed by atoms with Crippen LogP contribution < -0.4 is 11.1 Å². The first-order valence-electron chi connectivity index (χ1n) is 9.24. The highest BCUT2D eigenvalue weighted by Crippen LogP contribution is 2.28. The molecule has 8 nitrogen and oxygen atoms in total.